The molecule has 2 atom stereocenters. The highest BCUT2D eigenvalue weighted by atomic mass is 79.9. The molecule has 26 heavy (non-hydrogen) atoms. The van der Waals surface area contributed by atoms with Gasteiger partial charge in [-0.1, -0.05) is 30.2 Å². The molecule has 4 nitrogen and oxygen atoms in total. The minimum atomic E-state index is -0.110. The van der Waals surface area contributed by atoms with E-state index in [4.69, 9.17) is 9.47 Å². The van der Waals surface area contributed by atoms with Crippen LogP contribution >= 0.6 is 15.9 Å². The third kappa shape index (κ3) is 4.39. The molecule has 1 fully saturated rings. The lowest BCUT2D eigenvalue weighted by Crippen LogP contribution is -2.39. The highest BCUT2D eigenvalue weighted by Crippen LogP contribution is 2.30. The molecule has 0 bridgehead atoms. The largest absolute Gasteiger partial charge is 0.496 e. The molecule has 0 spiro atoms. The van der Waals surface area contributed by atoms with E-state index in [1.165, 1.54) is 5.56 Å². The van der Waals surface area contributed by atoms with E-state index in [9.17, 15) is 4.79 Å². The molecule has 0 unspecified atom stereocenters. The number of carbonyl (C=O) groups excluding carboxylic acids is 1. The molecule has 0 saturated heterocycles. The Kier molecular flexibility index (Phi) is 6.20. The van der Waals surface area contributed by atoms with E-state index in [0.717, 1.165) is 29.5 Å². The number of carbonyl (C=O) groups is 1. The number of methoxy groups -OCH3 is 1. The summed E-state index contributed by atoms with van der Waals surface area (Å²) in [5.74, 6) is 1.65. The number of halogens is 1. The van der Waals surface area contributed by atoms with E-state index in [1.54, 1.807) is 13.2 Å². The Labute approximate surface area is 163 Å². The summed E-state index contributed by atoms with van der Waals surface area (Å²) in [6.45, 7) is 2.67. The van der Waals surface area contributed by atoms with Crippen molar-refractivity contribution in [2.24, 2.45) is 5.92 Å². The van der Waals surface area contributed by atoms with Gasteiger partial charge < -0.3 is 14.8 Å². The van der Waals surface area contributed by atoms with Crippen LogP contribution in [-0.4, -0.2) is 25.7 Å². The van der Waals surface area contributed by atoms with Crippen LogP contribution in [0.25, 0.3) is 0 Å². The second-order valence-electron chi connectivity index (χ2n) is 6.71. The maximum Gasteiger partial charge on any atom is 0.256 e. The van der Waals surface area contributed by atoms with E-state index in [-0.39, 0.29) is 11.9 Å². The van der Waals surface area contributed by atoms with E-state index in [1.807, 2.05) is 36.4 Å². The topological polar surface area (TPSA) is 47.6 Å². The van der Waals surface area contributed by atoms with Crippen molar-refractivity contribution in [1.29, 1.82) is 0 Å². The molecule has 1 aliphatic rings. The van der Waals surface area contributed by atoms with Gasteiger partial charge in [0.1, 0.15) is 11.5 Å². The second kappa shape index (κ2) is 8.58. The molecule has 138 valence electrons. The summed E-state index contributed by atoms with van der Waals surface area (Å²) in [6.07, 6.45) is 3.13. The maximum atomic E-state index is 12.8. The van der Waals surface area contributed by atoms with E-state index < -0.39 is 0 Å². The Balaban J connectivity index is 1.63. The first kappa shape index (κ1) is 18.8. The maximum absolute atomic E-state index is 12.8. The van der Waals surface area contributed by atoms with Crippen molar-refractivity contribution >= 4 is 21.8 Å². The molecular weight excluding hydrogens is 394 g/mol. The standard InChI is InChI=1S/C21H24BrNO3/c1-14-9-11-16(12-10-14)26-13-15-5-3-7-18(15)23-21(24)20-17(22)6-4-8-19(20)25-2/h4,6,8-12,15,18H,3,5,7,13H2,1-2H3,(H,23,24)/t15-,18+/m1/s1. The number of ether oxygens (including phenoxy) is 2. The molecule has 1 saturated carbocycles. The molecule has 0 radical (unpaired) electrons. The van der Waals surface area contributed by atoms with Crippen LogP contribution in [0, 0.1) is 12.8 Å². The van der Waals surface area contributed by atoms with E-state index in [2.05, 4.69) is 28.2 Å². The number of amides is 1. The third-order valence-electron chi connectivity index (χ3n) is 4.88. The summed E-state index contributed by atoms with van der Waals surface area (Å²) in [4.78, 5) is 12.8. The predicted octanol–water partition coefficient (Wildman–Crippen LogP) is 4.74. The van der Waals surface area contributed by atoms with Gasteiger partial charge in [-0.05, 0) is 60.0 Å². The SMILES string of the molecule is COc1cccc(Br)c1C(=O)N[C@H]1CCC[C@@H]1COc1ccc(C)cc1. The number of benzene rings is 2. The van der Waals surface area contributed by atoms with Crippen LogP contribution in [0.2, 0.25) is 0 Å². The number of hydrogen-bond acceptors (Lipinski definition) is 3. The van der Waals surface area contributed by atoms with Crippen LogP contribution in [0.3, 0.4) is 0 Å². The first-order valence-corrected chi connectivity index (χ1v) is 9.70. The quantitative estimate of drug-likeness (QED) is 0.737. The Morgan fingerprint density at radius 3 is 2.69 bits per heavy atom. The van der Waals surface area contributed by atoms with Gasteiger partial charge in [0.05, 0.1) is 19.3 Å². The Morgan fingerprint density at radius 1 is 1.19 bits per heavy atom. The second-order valence-corrected chi connectivity index (χ2v) is 7.57. The van der Waals surface area contributed by atoms with Crippen molar-refractivity contribution in [3.05, 3.63) is 58.1 Å². The van der Waals surface area contributed by atoms with Crippen molar-refractivity contribution in [3.8, 4) is 11.5 Å². The zero-order valence-electron chi connectivity index (χ0n) is 15.1. The normalized spacial score (nSPS) is 19.2. The van der Waals surface area contributed by atoms with Gasteiger partial charge in [0.2, 0.25) is 0 Å². The van der Waals surface area contributed by atoms with Gasteiger partial charge in [0, 0.05) is 16.4 Å². The van der Waals surface area contributed by atoms with Crippen LogP contribution in [0.15, 0.2) is 46.9 Å². The summed E-state index contributed by atoms with van der Waals surface area (Å²) in [6, 6.07) is 13.7. The van der Waals surface area contributed by atoms with Gasteiger partial charge in [-0.2, -0.15) is 0 Å². The summed E-state index contributed by atoms with van der Waals surface area (Å²) in [5, 5.41) is 3.18. The molecule has 2 aromatic rings. The molecule has 1 N–H and O–H groups in total. The summed E-state index contributed by atoms with van der Waals surface area (Å²) in [7, 11) is 1.58. The van der Waals surface area contributed by atoms with Crippen LogP contribution in [0.4, 0.5) is 0 Å². The van der Waals surface area contributed by atoms with Gasteiger partial charge in [-0.15, -0.1) is 0 Å². The van der Waals surface area contributed by atoms with E-state index in [0.29, 0.717) is 23.8 Å². The fourth-order valence-corrected chi connectivity index (χ4v) is 3.93. The molecule has 0 aromatic heterocycles. The molecule has 2 aromatic carbocycles. The number of rotatable bonds is 6. The predicted molar refractivity (Wildman–Crippen MR) is 106 cm³/mol. The summed E-state index contributed by atoms with van der Waals surface area (Å²) < 4.78 is 12.0. The van der Waals surface area contributed by atoms with Crippen LogP contribution in [0.5, 0.6) is 11.5 Å². The first-order chi connectivity index (χ1) is 12.6. The van der Waals surface area contributed by atoms with Gasteiger partial charge in [0.15, 0.2) is 0 Å². The smallest absolute Gasteiger partial charge is 0.256 e. The molecule has 0 aliphatic heterocycles. The fourth-order valence-electron chi connectivity index (χ4n) is 3.40. The van der Waals surface area contributed by atoms with Gasteiger partial charge in [-0.3, -0.25) is 4.79 Å². The first-order valence-electron chi connectivity index (χ1n) is 8.91. The highest BCUT2D eigenvalue weighted by Gasteiger charge is 2.30. The lowest BCUT2D eigenvalue weighted by atomic mass is 10.0. The zero-order valence-corrected chi connectivity index (χ0v) is 16.7. The lowest BCUT2D eigenvalue weighted by Gasteiger charge is -2.22. The number of aryl methyl sites for hydroxylation is 1. The number of hydrogen-bond donors (Lipinski definition) is 1. The van der Waals surface area contributed by atoms with Crippen molar-refractivity contribution in [3.63, 3.8) is 0 Å². The zero-order chi connectivity index (χ0) is 18.5. The Morgan fingerprint density at radius 2 is 1.96 bits per heavy atom. The van der Waals surface area contributed by atoms with Crippen molar-refractivity contribution in [1.82, 2.24) is 5.32 Å². The minimum absolute atomic E-state index is 0.110. The van der Waals surface area contributed by atoms with Crippen molar-refractivity contribution in [2.75, 3.05) is 13.7 Å². The van der Waals surface area contributed by atoms with Gasteiger partial charge in [0.25, 0.3) is 5.91 Å². The Bertz CT molecular complexity index is 760. The van der Waals surface area contributed by atoms with Crippen LogP contribution in [-0.2, 0) is 0 Å². The highest BCUT2D eigenvalue weighted by molar-refractivity contribution is 9.10. The average Bonchev–Trinajstić information content (AvgIpc) is 3.07. The summed E-state index contributed by atoms with van der Waals surface area (Å²) >= 11 is 3.45. The van der Waals surface area contributed by atoms with Crippen molar-refractivity contribution < 1.29 is 14.3 Å². The third-order valence-corrected chi connectivity index (χ3v) is 5.54. The Hall–Kier alpha value is -2.01. The minimum Gasteiger partial charge on any atom is -0.496 e. The van der Waals surface area contributed by atoms with E-state index >= 15 is 0 Å². The summed E-state index contributed by atoms with van der Waals surface area (Å²) in [5.41, 5.74) is 1.76. The molecule has 3 rings (SSSR count). The lowest BCUT2D eigenvalue weighted by molar-refractivity contribution is 0.0915. The average molecular weight is 418 g/mol. The molecule has 5 heteroatoms. The van der Waals surface area contributed by atoms with Gasteiger partial charge >= 0.3 is 0 Å². The van der Waals surface area contributed by atoms with Crippen LogP contribution < -0.4 is 14.8 Å². The number of nitrogens with one attached hydrogen (secondary N) is 1. The molecule has 1 aliphatic carbocycles. The van der Waals surface area contributed by atoms with Crippen molar-refractivity contribution in [2.45, 2.75) is 32.2 Å². The molecule has 1 amide bonds. The monoisotopic (exact) mass is 417 g/mol. The molecule has 0 heterocycles. The van der Waals surface area contributed by atoms with Crippen LogP contribution in [0.1, 0.15) is 35.2 Å². The van der Waals surface area contributed by atoms with Gasteiger partial charge in [-0.25, -0.2) is 0 Å². The molecular formula is C21H24BrNO3. The fraction of sp³-hybridized carbons (Fsp3) is 0.381.